The van der Waals surface area contributed by atoms with Crippen LogP contribution in [0.3, 0.4) is 0 Å². The van der Waals surface area contributed by atoms with Gasteiger partial charge in [0.15, 0.2) is 5.78 Å². The SMILES string of the molecule is O=C(c1cc(Br)ccc1Br)c1c[nH]c2cc(Cl)ccc12. The Bertz CT molecular complexity index is 826. The van der Waals surface area contributed by atoms with Crippen LogP contribution in [0.1, 0.15) is 15.9 Å². The summed E-state index contributed by atoms with van der Waals surface area (Å²) >= 11 is 12.8. The first kappa shape index (κ1) is 13.9. The lowest BCUT2D eigenvalue weighted by molar-refractivity contribution is 0.103. The van der Waals surface area contributed by atoms with Crippen LogP contribution in [0.4, 0.5) is 0 Å². The van der Waals surface area contributed by atoms with E-state index in [1.54, 1.807) is 18.3 Å². The third-order valence-corrected chi connectivity index (χ3v) is 4.48. The predicted molar refractivity (Wildman–Crippen MR) is 88.6 cm³/mol. The molecule has 20 heavy (non-hydrogen) atoms. The molecule has 0 aliphatic rings. The van der Waals surface area contributed by atoms with Crippen LogP contribution in [0.2, 0.25) is 5.02 Å². The molecule has 3 rings (SSSR count). The summed E-state index contributed by atoms with van der Waals surface area (Å²) in [6, 6.07) is 11.0. The first-order valence-electron chi connectivity index (χ1n) is 5.82. The molecule has 0 amide bonds. The second-order valence-electron chi connectivity index (χ2n) is 4.35. The van der Waals surface area contributed by atoms with Crippen molar-refractivity contribution >= 4 is 60.1 Å². The fourth-order valence-electron chi connectivity index (χ4n) is 2.10. The molecule has 3 aromatic rings. The molecular weight excluding hydrogens is 405 g/mol. The van der Waals surface area contributed by atoms with Crippen LogP contribution in [0.25, 0.3) is 10.9 Å². The molecular formula is C15H8Br2ClNO. The minimum absolute atomic E-state index is 0.0354. The minimum Gasteiger partial charge on any atom is -0.360 e. The van der Waals surface area contributed by atoms with E-state index >= 15 is 0 Å². The van der Waals surface area contributed by atoms with Crippen molar-refractivity contribution < 1.29 is 4.79 Å². The van der Waals surface area contributed by atoms with Gasteiger partial charge in [0.2, 0.25) is 0 Å². The molecule has 1 heterocycles. The van der Waals surface area contributed by atoms with Crippen LogP contribution in [0, 0.1) is 0 Å². The van der Waals surface area contributed by atoms with Crippen LogP contribution in [0.5, 0.6) is 0 Å². The maximum atomic E-state index is 12.7. The van der Waals surface area contributed by atoms with Crippen molar-refractivity contribution in [3.8, 4) is 0 Å². The Balaban J connectivity index is 2.15. The third-order valence-electron chi connectivity index (χ3n) is 3.06. The molecule has 0 aliphatic heterocycles. The maximum Gasteiger partial charge on any atom is 0.196 e. The fourth-order valence-corrected chi connectivity index (χ4v) is 3.06. The van der Waals surface area contributed by atoms with Gasteiger partial charge in [-0.15, -0.1) is 0 Å². The lowest BCUT2D eigenvalue weighted by Gasteiger charge is -2.04. The largest absolute Gasteiger partial charge is 0.360 e. The monoisotopic (exact) mass is 411 g/mol. The zero-order chi connectivity index (χ0) is 14.3. The van der Waals surface area contributed by atoms with E-state index in [1.165, 1.54) is 0 Å². The van der Waals surface area contributed by atoms with Gasteiger partial charge in [0.25, 0.3) is 0 Å². The minimum atomic E-state index is -0.0354. The van der Waals surface area contributed by atoms with Gasteiger partial charge in [-0.2, -0.15) is 0 Å². The number of rotatable bonds is 2. The van der Waals surface area contributed by atoms with Gasteiger partial charge in [-0.3, -0.25) is 4.79 Å². The van der Waals surface area contributed by atoms with E-state index in [2.05, 4.69) is 36.8 Å². The van der Waals surface area contributed by atoms with Gasteiger partial charge < -0.3 is 4.98 Å². The number of carbonyl (C=O) groups excluding carboxylic acids is 1. The van der Waals surface area contributed by atoms with Crippen LogP contribution in [-0.4, -0.2) is 10.8 Å². The van der Waals surface area contributed by atoms with Gasteiger partial charge in [-0.05, 0) is 30.3 Å². The van der Waals surface area contributed by atoms with E-state index in [0.717, 1.165) is 19.8 Å². The lowest BCUT2D eigenvalue weighted by atomic mass is 10.0. The lowest BCUT2D eigenvalue weighted by Crippen LogP contribution is -2.01. The number of aromatic nitrogens is 1. The summed E-state index contributed by atoms with van der Waals surface area (Å²) in [6.07, 6.45) is 1.72. The van der Waals surface area contributed by atoms with Crippen LogP contribution in [-0.2, 0) is 0 Å². The van der Waals surface area contributed by atoms with E-state index in [0.29, 0.717) is 16.1 Å². The van der Waals surface area contributed by atoms with Crippen molar-refractivity contribution in [2.24, 2.45) is 0 Å². The molecule has 100 valence electrons. The normalized spacial score (nSPS) is 10.9. The van der Waals surface area contributed by atoms with Crippen LogP contribution >= 0.6 is 43.5 Å². The quantitative estimate of drug-likeness (QED) is 0.547. The molecule has 0 radical (unpaired) electrons. The number of fused-ring (bicyclic) bond motifs is 1. The number of carbonyl (C=O) groups is 1. The molecule has 2 nitrogen and oxygen atoms in total. The number of ketones is 1. The Morgan fingerprint density at radius 2 is 1.85 bits per heavy atom. The molecule has 0 atom stereocenters. The highest BCUT2D eigenvalue weighted by molar-refractivity contribution is 9.11. The number of benzene rings is 2. The van der Waals surface area contributed by atoms with Crippen molar-refractivity contribution in [1.82, 2.24) is 4.98 Å². The van der Waals surface area contributed by atoms with Crippen LogP contribution < -0.4 is 0 Å². The van der Waals surface area contributed by atoms with Crippen molar-refractivity contribution in [2.45, 2.75) is 0 Å². The first-order chi connectivity index (χ1) is 9.56. The molecule has 0 fully saturated rings. The average Bonchev–Trinajstić information content (AvgIpc) is 2.83. The van der Waals surface area contributed by atoms with E-state index < -0.39 is 0 Å². The summed E-state index contributed by atoms with van der Waals surface area (Å²) in [7, 11) is 0. The van der Waals surface area contributed by atoms with E-state index in [9.17, 15) is 4.79 Å². The Morgan fingerprint density at radius 1 is 1.05 bits per heavy atom. The molecule has 1 N–H and O–H groups in total. The summed E-state index contributed by atoms with van der Waals surface area (Å²) in [6.45, 7) is 0. The molecule has 0 aliphatic carbocycles. The molecule has 0 saturated carbocycles. The number of aromatic amines is 1. The summed E-state index contributed by atoms with van der Waals surface area (Å²) in [5, 5.41) is 1.51. The highest BCUT2D eigenvalue weighted by Crippen LogP contribution is 2.28. The summed E-state index contributed by atoms with van der Waals surface area (Å²) in [4.78, 5) is 15.8. The smallest absolute Gasteiger partial charge is 0.196 e. The van der Waals surface area contributed by atoms with E-state index in [-0.39, 0.29) is 5.78 Å². The molecule has 0 unspecified atom stereocenters. The van der Waals surface area contributed by atoms with Crippen molar-refractivity contribution in [3.63, 3.8) is 0 Å². The third kappa shape index (κ3) is 2.43. The second-order valence-corrected chi connectivity index (χ2v) is 6.55. The maximum absolute atomic E-state index is 12.7. The fraction of sp³-hybridized carbons (Fsp3) is 0. The Hall–Kier alpha value is -1.10. The predicted octanol–water partition coefficient (Wildman–Crippen LogP) is 5.58. The van der Waals surface area contributed by atoms with Gasteiger partial charge in [0, 0.05) is 42.2 Å². The molecule has 0 spiro atoms. The van der Waals surface area contributed by atoms with Gasteiger partial charge in [0.05, 0.1) is 0 Å². The number of halogens is 3. The second kappa shape index (κ2) is 5.35. The number of H-pyrrole nitrogens is 1. The average molecular weight is 413 g/mol. The number of hydrogen-bond acceptors (Lipinski definition) is 1. The Morgan fingerprint density at radius 3 is 2.65 bits per heavy atom. The number of nitrogens with one attached hydrogen (secondary N) is 1. The summed E-state index contributed by atoms with van der Waals surface area (Å²) < 4.78 is 1.64. The van der Waals surface area contributed by atoms with Crippen LogP contribution in [0.15, 0.2) is 51.5 Å². The van der Waals surface area contributed by atoms with Gasteiger partial charge in [-0.1, -0.05) is 49.5 Å². The van der Waals surface area contributed by atoms with Crippen molar-refractivity contribution in [2.75, 3.05) is 0 Å². The summed E-state index contributed by atoms with van der Waals surface area (Å²) in [5.74, 6) is -0.0354. The topological polar surface area (TPSA) is 32.9 Å². The van der Waals surface area contributed by atoms with Crippen molar-refractivity contribution in [3.05, 3.63) is 67.7 Å². The molecule has 0 saturated heterocycles. The molecule has 5 heteroatoms. The first-order valence-corrected chi connectivity index (χ1v) is 7.79. The van der Waals surface area contributed by atoms with Gasteiger partial charge in [-0.25, -0.2) is 0 Å². The standard InChI is InChI=1S/C15H8Br2ClNO/c16-8-1-4-13(17)11(5-8)15(20)12-7-19-14-6-9(18)2-3-10(12)14/h1-7,19H. The van der Waals surface area contributed by atoms with E-state index in [4.69, 9.17) is 11.6 Å². The van der Waals surface area contributed by atoms with Gasteiger partial charge >= 0.3 is 0 Å². The highest BCUT2D eigenvalue weighted by atomic mass is 79.9. The number of hydrogen-bond donors (Lipinski definition) is 1. The highest BCUT2D eigenvalue weighted by Gasteiger charge is 2.17. The molecule has 1 aromatic heterocycles. The Kier molecular flexibility index (Phi) is 3.71. The van der Waals surface area contributed by atoms with Crippen molar-refractivity contribution in [1.29, 1.82) is 0 Å². The zero-order valence-electron chi connectivity index (χ0n) is 10.1. The molecule has 2 aromatic carbocycles. The molecule has 0 bridgehead atoms. The van der Waals surface area contributed by atoms with E-state index in [1.807, 2.05) is 24.3 Å². The van der Waals surface area contributed by atoms with Gasteiger partial charge in [0.1, 0.15) is 0 Å². The zero-order valence-corrected chi connectivity index (χ0v) is 14.0. The summed E-state index contributed by atoms with van der Waals surface area (Å²) in [5.41, 5.74) is 2.11. The Labute approximate surface area is 137 Å².